The highest BCUT2D eigenvalue weighted by atomic mass is 16.2. The molecule has 3 rings (SSSR count). The third kappa shape index (κ3) is 4.97. The maximum atomic E-state index is 12.9. The quantitative estimate of drug-likeness (QED) is 0.733. The van der Waals surface area contributed by atoms with Crippen LogP contribution in [0.3, 0.4) is 0 Å². The van der Waals surface area contributed by atoms with E-state index in [0.29, 0.717) is 24.3 Å². The smallest absolute Gasteiger partial charge is 0.319 e. The van der Waals surface area contributed by atoms with Crippen LogP contribution in [0.15, 0.2) is 42.7 Å². The Kier molecular flexibility index (Phi) is 6.25. The van der Waals surface area contributed by atoms with Crippen molar-refractivity contribution in [2.45, 2.75) is 26.3 Å². The number of amides is 3. The Morgan fingerprint density at radius 3 is 2.67 bits per heavy atom. The second-order valence-electron chi connectivity index (χ2n) is 6.45. The first kappa shape index (κ1) is 18.7. The second kappa shape index (κ2) is 9.02. The summed E-state index contributed by atoms with van der Waals surface area (Å²) >= 11 is 0. The zero-order chi connectivity index (χ0) is 19.1. The SMILES string of the molecule is CCNC(=O)Nc1ccc(N2CCCC2)c(C(=O)NCc2cccnc2)c1. The fourth-order valence-electron chi connectivity index (χ4n) is 3.15. The van der Waals surface area contributed by atoms with E-state index in [1.807, 2.05) is 31.2 Å². The Labute approximate surface area is 159 Å². The first-order valence-electron chi connectivity index (χ1n) is 9.28. The summed E-state index contributed by atoms with van der Waals surface area (Å²) in [4.78, 5) is 31.0. The standard InChI is InChI=1S/C20H25N5O2/c1-2-22-20(27)24-16-7-8-18(25-10-3-4-11-25)17(12-16)19(26)23-14-15-6-5-9-21-13-15/h5-9,12-13H,2-4,10-11,14H2,1H3,(H,23,26)(H2,22,24,27). The number of hydrogen-bond acceptors (Lipinski definition) is 4. The first-order chi connectivity index (χ1) is 13.2. The predicted molar refractivity (Wildman–Crippen MR) is 106 cm³/mol. The Morgan fingerprint density at radius 1 is 1.15 bits per heavy atom. The molecule has 1 aromatic heterocycles. The van der Waals surface area contributed by atoms with Gasteiger partial charge in [0, 0.05) is 49.9 Å². The molecule has 3 amide bonds. The molecule has 1 fully saturated rings. The molecule has 142 valence electrons. The van der Waals surface area contributed by atoms with Gasteiger partial charge in [0.1, 0.15) is 0 Å². The van der Waals surface area contributed by atoms with Crippen LogP contribution in [0.2, 0.25) is 0 Å². The molecule has 27 heavy (non-hydrogen) atoms. The maximum absolute atomic E-state index is 12.9. The summed E-state index contributed by atoms with van der Waals surface area (Å²) in [5.74, 6) is -0.166. The summed E-state index contributed by atoms with van der Waals surface area (Å²) in [5, 5.41) is 8.41. The number of pyridine rings is 1. The fourth-order valence-corrected chi connectivity index (χ4v) is 3.15. The average molecular weight is 367 g/mol. The lowest BCUT2D eigenvalue weighted by molar-refractivity contribution is 0.0951. The van der Waals surface area contributed by atoms with Gasteiger partial charge < -0.3 is 20.9 Å². The van der Waals surface area contributed by atoms with Gasteiger partial charge in [0.25, 0.3) is 5.91 Å². The van der Waals surface area contributed by atoms with Crippen LogP contribution in [0.4, 0.5) is 16.2 Å². The van der Waals surface area contributed by atoms with Gasteiger partial charge in [-0.2, -0.15) is 0 Å². The van der Waals surface area contributed by atoms with Gasteiger partial charge in [-0.15, -0.1) is 0 Å². The van der Waals surface area contributed by atoms with Crippen molar-refractivity contribution >= 4 is 23.3 Å². The van der Waals surface area contributed by atoms with Gasteiger partial charge in [-0.3, -0.25) is 9.78 Å². The van der Waals surface area contributed by atoms with Crippen molar-refractivity contribution in [1.29, 1.82) is 0 Å². The van der Waals surface area contributed by atoms with Gasteiger partial charge in [-0.1, -0.05) is 6.07 Å². The van der Waals surface area contributed by atoms with E-state index >= 15 is 0 Å². The number of anilines is 2. The van der Waals surface area contributed by atoms with Crippen molar-refractivity contribution in [1.82, 2.24) is 15.6 Å². The number of rotatable bonds is 6. The first-order valence-corrected chi connectivity index (χ1v) is 9.28. The minimum absolute atomic E-state index is 0.166. The average Bonchev–Trinajstić information content (AvgIpc) is 3.21. The van der Waals surface area contributed by atoms with Gasteiger partial charge in [-0.05, 0) is 49.6 Å². The van der Waals surface area contributed by atoms with Crippen molar-refractivity contribution in [3.63, 3.8) is 0 Å². The molecule has 0 saturated carbocycles. The topological polar surface area (TPSA) is 86.4 Å². The van der Waals surface area contributed by atoms with Gasteiger partial charge in [-0.25, -0.2) is 4.79 Å². The van der Waals surface area contributed by atoms with Crippen LogP contribution >= 0.6 is 0 Å². The third-order valence-electron chi connectivity index (χ3n) is 4.46. The normalized spacial score (nSPS) is 13.3. The molecule has 0 aliphatic carbocycles. The number of hydrogen-bond donors (Lipinski definition) is 3. The summed E-state index contributed by atoms with van der Waals surface area (Å²) in [5.41, 5.74) is 2.99. The lowest BCUT2D eigenvalue weighted by Gasteiger charge is -2.22. The van der Waals surface area contributed by atoms with Crippen LogP contribution < -0.4 is 20.9 Å². The van der Waals surface area contributed by atoms with Crippen LogP contribution in [0.5, 0.6) is 0 Å². The van der Waals surface area contributed by atoms with E-state index in [4.69, 9.17) is 0 Å². The molecule has 1 aromatic carbocycles. The molecule has 0 atom stereocenters. The lowest BCUT2D eigenvalue weighted by Crippen LogP contribution is -2.29. The van der Waals surface area contributed by atoms with Crippen LogP contribution in [0.1, 0.15) is 35.7 Å². The summed E-state index contributed by atoms with van der Waals surface area (Å²) in [6.45, 7) is 4.67. The number of carbonyl (C=O) groups excluding carboxylic acids is 2. The summed E-state index contributed by atoms with van der Waals surface area (Å²) in [6.07, 6.45) is 5.67. The van der Waals surface area contributed by atoms with Crippen LogP contribution in [-0.2, 0) is 6.54 Å². The predicted octanol–water partition coefficient (Wildman–Crippen LogP) is 2.75. The molecule has 0 unspecified atom stereocenters. The number of urea groups is 1. The van der Waals surface area contributed by atoms with E-state index in [-0.39, 0.29) is 11.9 Å². The van der Waals surface area contributed by atoms with E-state index in [9.17, 15) is 9.59 Å². The minimum atomic E-state index is -0.284. The zero-order valence-electron chi connectivity index (χ0n) is 15.5. The lowest BCUT2D eigenvalue weighted by atomic mass is 10.1. The van der Waals surface area contributed by atoms with E-state index in [1.54, 1.807) is 18.5 Å². The fraction of sp³-hybridized carbons (Fsp3) is 0.350. The Bertz CT molecular complexity index is 788. The molecule has 0 radical (unpaired) electrons. The number of nitrogens with one attached hydrogen (secondary N) is 3. The molecule has 7 nitrogen and oxygen atoms in total. The molecular weight excluding hydrogens is 342 g/mol. The van der Waals surface area contributed by atoms with Crippen LogP contribution in [0, 0.1) is 0 Å². The zero-order valence-corrected chi connectivity index (χ0v) is 15.5. The van der Waals surface area contributed by atoms with E-state index < -0.39 is 0 Å². The molecule has 3 N–H and O–H groups in total. The third-order valence-corrected chi connectivity index (χ3v) is 4.46. The maximum Gasteiger partial charge on any atom is 0.319 e. The highest BCUT2D eigenvalue weighted by molar-refractivity contribution is 6.02. The Hall–Kier alpha value is -3.09. The van der Waals surface area contributed by atoms with E-state index in [2.05, 4.69) is 25.8 Å². The second-order valence-corrected chi connectivity index (χ2v) is 6.45. The van der Waals surface area contributed by atoms with Gasteiger partial charge in [0.05, 0.1) is 5.56 Å². The van der Waals surface area contributed by atoms with E-state index in [0.717, 1.165) is 37.2 Å². The molecule has 7 heteroatoms. The molecule has 2 heterocycles. The molecule has 0 spiro atoms. The number of aromatic nitrogens is 1. The van der Waals surface area contributed by atoms with Crippen LogP contribution in [-0.4, -0.2) is 36.6 Å². The van der Waals surface area contributed by atoms with E-state index in [1.165, 1.54) is 0 Å². The van der Waals surface area contributed by atoms with Crippen molar-refractivity contribution in [3.05, 3.63) is 53.9 Å². The van der Waals surface area contributed by atoms with Gasteiger partial charge in [0.15, 0.2) is 0 Å². The largest absolute Gasteiger partial charge is 0.371 e. The monoisotopic (exact) mass is 367 g/mol. The number of nitrogens with zero attached hydrogens (tertiary/aromatic N) is 2. The van der Waals surface area contributed by atoms with Crippen molar-refractivity contribution in [2.75, 3.05) is 29.9 Å². The minimum Gasteiger partial charge on any atom is -0.371 e. The molecule has 2 aromatic rings. The molecular formula is C20H25N5O2. The van der Waals surface area contributed by atoms with Gasteiger partial charge in [0.2, 0.25) is 0 Å². The molecule has 0 bridgehead atoms. The molecule has 1 saturated heterocycles. The summed E-state index contributed by atoms with van der Waals surface area (Å²) in [6, 6.07) is 8.96. The Balaban J connectivity index is 1.79. The van der Waals surface area contributed by atoms with Gasteiger partial charge >= 0.3 is 6.03 Å². The highest BCUT2D eigenvalue weighted by Gasteiger charge is 2.20. The summed E-state index contributed by atoms with van der Waals surface area (Å²) in [7, 11) is 0. The summed E-state index contributed by atoms with van der Waals surface area (Å²) < 4.78 is 0. The molecule has 1 aliphatic heterocycles. The van der Waals surface area contributed by atoms with Crippen molar-refractivity contribution < 1.29 is 9.59 Å². The number of carbonyl (C=O) groups is 2. The Morgan fingerprint density at radius 2 is 1.96 bits per heavy atom. The van der Waals surface area contributed by atoms with Crippen molar-refractivity contribution in [2.24, 2.45) is 0 Å². The van der Waals surface area contributed by atoms with Crippen LogP contribution in [0.25, 0.3) is 0 Å². The number of benzene rings is 1. The molecule has 1 aliphatic rings. The highest BCUT2D eigenvalue weighted by Crippen LogP contribution is 2.27. The van der Waals surface area contributed by atoms with Crippen molar-refractivity contribution in [3.8, 4) is 0 Å².